The van der Waals surface area contributed by atoms with Crippen LogP contribution in [-0.2, 0) is 10.0 Å². The van der Waals surface area contributed by atoms with E-state index in [1.165, 1.54) is 38.4 Å². The van der Waals surface area contributed by atoms with Gasteiger partial charge in [-0.15, -0.1) is 0 Å². The topological polar surface area (TPSA) is 40.6 Å². The number of nitrogens with zero attached hydrogens (tertiary/aromatic N) is 2. The van der Waals surface area contributed by atoms with Crippen molar-refractivity contribution in [2.45, 2.75) is 32.1 Å². The lowest BCUT2D eigenvalue weighted by Gasteiger charge is -2.33. The Hall–Kier alpha value is -0.390. The van der Waals surface area contributed by atoms with Gasteiger partial charge in [0.25, 0.3) is 0 Å². The summed E-state index contributed by atoms with van der Waals surface area (Å²) in [6, 6.07) is 0. The predicted molar refractivity (Wildman–Crippen MR) is 74.0 cm³/mol. The molecule has 1 aliphatic carbocycles. The molecular weight excluding hydrogens is 248 g/mol. The van der Waals surface area contributed by atoms with E-state index in [1.807, 2.05) is 0 Å². The number of sulfonamides is 1. The molecule has 0 saturated carbocycles. The van der Waals surface area contributed by atoms with Crippen LogP contribution in [-0.4, -0.2) is 56.6 Å². The van der Waals surface area contributed by atoms with Crippen molar-refractivity contribution in [2.24, 2.45) is 0 Å². The van der Waals surface area contributed by atoms with E-state index in [0.717, 1.165) is 19.6 Å². The minimum atomic E-state index is -2.99. The van der Waals surface area contributed by atoms with Crippen molar-refractivity contribution < 1.29 is 8.42 Å². The Labute approximate surface area is 111 Å². The van der Waals surface area contributed by atoms with Crippen LogP contribution >= 0.6 is 0 Å². The van der Waals surface area contributed by atoms with E-state index in [2.05, 4.69) is 11.0 Å². The third kappa shape index (κ3) is 4.07. The summed E-state index contributed by atoms with van der Waals surface area (Å²) in [5.41, 5.74) is 1.60. The Morgan fingerprint density at radius 2 is 1.89 bits per heavy atom. The van der Waals surface area contributed by atoms with Crippen LogP contribution in [0.3, 0.4) is 0 Å². The molecule has 0 aromatic heterocycles. The molecule has 1 aliphatic heterocycles. The molecule has 5 heteroatoms. The van der Waals surface area contributed by atoms with Crippen molar-refractivity contribution in [3.63, 3.8) is 0 Å². The molecule has 104 valence electrons. The molecule has 18 heavy (non-hydrogen) atoms. The van der Waals surface area contributed by atoms with Gasteiger partial charge in [-0.05, 0) is 32.1 Å². The summed E-state index contributed by atoms with van der Waals surface area (Å²) >= 11 is 0. The van der Waals surface area contributed by atoms with Crippen molar-refractivity contribution in [2.75, 3.05) is 39.0 Å². The Morgan fingerprint density at radius 1 is 1.17 bits per heavy atom. The number of hydrogen-bond acceptors (Lipinski definition) is 3. The maximum Gasteiger partial charge on any atom is 0.211 e. The second-order valence-corrected chi connectivity index (χ2v) is 7.34. The third-order valence-corrected chi connectivity index (χ3v) is 5.24. The van der Waals surface area contributed by atoms with Crippen LogP contribution in [0.1, 0.15) is 32.1 Å². The molecule has 0 aromatic rings. The van der Waals surface area contributed by atoms with Crippen LogP contribution in [0, 0.1) is 0 Å². The largest absolute Gasteiger partial charge is 0.300 e. The summed E-state index contributed by atoms with van der Waals surface area (Å²) in [6.07, 6.45) is 10.1. The van der Waals surface area contributed by atoms with E-state index in [9.17, 15) is 8.42 Å². The summed E-state index contributed by atoms with van der Waals surface area (Å²) < 4.78 is 24.4. The van der Waals surface area contributed by atoms with Gasteiger partial charge in [-0.25, -0.2) is 8.42 Å². The fraction of sp³-hybridized carbons (Fsp3) is 0.846. The molecule has 1 saturated heterocycles. The van der Waals surface area contributed by atoms with Gasteiger partial charge in [0.15, 0.2) is 0 Å². The zero-order valence-electron chi connectivity index (χ0n) is 11.3. The molecular formula is C13H24N2O2S. The first-order chi connectivity index (χ1) is 8.55. The summed E-state index contributed by atoms with van der Waals surface area (Å²) in [5.74, 6) is 0. The van der Waals surface area contributed by atoms with E-state index in [0.29, 0.717) is 13.1 Å². The van der Waals surface area contributed by atoms with Crippen LogP contribution in [0.25, 0.3) is 0 Å². The first kappa shape index (κ1) is 14.0. The van der Waals surface area contributed by atoms with Crippen LogP contribution < -0.4 is 0 Å². The van der Waals surface area contributed by atoms with Gasteiger partial charge >= 0.3 is 0 Å². The van der Waals surface area contributed by atoms with E-state index < -0.39 is 10.0 Å². The fourth-order valence-electron chi connectivity index (χ4n) is 2.72. The van der Waals surface area contributed by atoms with Gasteiger partial charge in [0.2, 0.25) is 10.0 Å². The zero-order valence-corrected chi connectivity index (χ0v) is 12.1. The maximum absolute atomic E-state index is 11.4. The summed E-state index contributed by atoms with van der Waals surface area (Å²) in [6.45, 7) is 4.14. The van der Waals surface area contributed by atoms with Gasteiger partial charge in [-0.3, -0.25) is 0 Å². The lowest BCUT2D eigenvalue weighted by atomic mass is 9.97. The number of piperazine rings is 1. The Bertz CT molecular complexity index is 395. The second-order valence-electron chi connectivity index (χ2n) is 5.36. The van der Waals surface area contributed by atoms with Crippen LogP contribution in [0.5, 0.6) is 0 Å². The Balaban J connectivity index is 1.72. The van der Waals surface area contributed by atoms with Crippen molar-refractivity contribution in [3.05, 3.63) is 11.6 Å². The molecule has 4 nitrogen and oxygen atoms in total. The lowest BCUT2D eigenvalue weighted by molar-refractivity contribution is 0.190. The first-order valence-electron chi connectivity index (χ1n) is 6.91. The SMILES string of the molecule is CS(=O)(=O)N1CCN(CCC2=CCCCC2)CC1. The van der Waals surface area contributed by atoms with Gasteiger partial charge in [0.1, 0.15) is 0 Å². The summed E-state index contributed by atoms with van der Waals surface area (Å²) in [5, 5.41) is 0. The van der Waals surface area contributed by atoms with Crippen LogP contribution in [0.15, 0.2) is 11.6 Å². The average Bonchev–Trinajstić information content (AvgIpc) is 2.37. The van der Waals surface area contributed by atoms with E-state index in [-0.39, 0.29) is 0 Å². The predicted octanol–water partition coefficient (Wildman–Crippen LogP) is 1.45. The van der Waals surface area contributed by atoms with Crippen molar-refractivity contribution in [3.8, 4) is 0 Å². The molecule has 0 spiro atoms. The molecule has 0 bridgehead atoms. The highest BCUT2D eigenvalue weighted by atomic mass is 32.2. The minimum Gasteiger partial charge on any atom is -0.300 e. The quantitative estimate of drug-likeness (QED) is 0.727. The van der Waals surface area contributed by atoms with Gasteiger partial charge in [0, 0.05) is 32.7 Å². The summed E-state index contributed by atoms with van der Waals surface area (Å²) in [4.78, 5) is 2.39. The van der Waals surface area contributed by atoms with E-state index >= 15 is 0 Å². The molecule has 1 heterocycles. The number of hydrogen-bond donors (Lipinski definition) is 0. The monoisotopic (exact) mass is 272 g/mol. The van der Waals surface area contributed by atoms with Gasteiger partial charge in [0.05, 0.1) is 6.26 Å². The van der Waals surface area contributed by atoms with Crippen molar-refractivity contribution in [1.82, 2.24) is 9.21 Å². The smallest absolute Gasteiger partial charge is 0.211 e. The van der Waals surface area contributed by atoms with Gasteiger partial charge < -0.3 is 4.90 Å². The normalized spacial score (nSPS) is 23.9. The molecule has 0 atom stereocenters. The second kappa shape index (κ2) is 6.17. The number of allylic oxidation sites excluding steroid dienone is 1. The molecule has 0 unspecified atom stereocenters. The number of rotatable bonds is 4. The standard InChI is InChI=1S/C13H24N2O2S/c1-18(16,17)15-11-9-14(10-12-15)8-7-13-5-3-2-4-6-13/h5H,2-4,6-12H2,1H3. The van der Waals surface area contributed by atoms with Gasteiger partial charge in [-0.1, -0.05) is 11.6 Å². The van der Waals surface area contributed by atoms with Gasteiger partial charge in [-0.2, -0.15) is 4.31 Å². The van der Waals surface area contributed by atoms with Crippen LogP contribution in [0.2, 0.25) is 0 Å². The average molecular weight is 272 g/mol. The zero-order chi connectivity index (χ0) is 13.0. The maximum atomic E-state index is 11.4. The lowest BCUT2D eigenvalue weighted by Crippen LogP contribution is -2.48. The highest BCUT2D eigenvalue weighted by Crippen LogP contribution is 2.20. The summed E-state index contributed by atoms with van der Waals surface area (Å²) in [7, 11) is -2.99. The first-order valence-corrected chi connectivity index (χ1v) is 8.76. The Morgan fingerprint density at radius 3 is 2.44 bits per heavy atom. The van der Waals surface area contributed by atoms with Crippen LogP contribution in [0.4, 0.5) is 0 Å². The fourth-order valence-corrected chi connectivity index (χ4v) is 3.54. The highest BCUT2D eigenvalue weighted by molar-refractivity contribution is 7.88. The molecule has 0 N–H and O–H groups in total. The van der Waals surface area contributed by atoms with Crippen molar-refractivity contribution in [1.29, 1.82) is 0 Å². The molecule has 1 fully saturated rings. The molecule has 0 amide bonds. The molecule has 0 aromatic carbocycles. The minimum absolute atomic E-state index is 0.651. The third-order valence-electron chi connectivity index (χ3n) is 3.93. The van der Waals surface area contributed by atoms with Crippen molar-refractivity contribution >= 4 is 10.0 Å². The van der Waals surface area contributed by atoms with E-state index in [1.54, 1.807) is 9.88 Å². The molecule has 2 aliphatic rings. The Kier molecular flexibility index (Phi) is 4.81. The molecule has 0 radical (unpaired) electrons. The molecule has 2 rings (SSSR count). The highest BCUT2D eigenvalue weighted by Gasteiger charge is 2.23. The van der Waals surface area contributed by atoms with E-state index in [4.69, 9.17) is 0 Å².